The number of nitrogens with one attached hydrogen (secondary N) is 2. The van der Waals surface area contributed by atoms with Crippen LogP contribution in [0.1, 0.15) is 39.5 Å². The SMILES string of the molecule is CCOc1ccc(OCCNC(=O)CN2C(=O)NC3(CCCCC3C)C2=O)cc1. The molecule has 0 bridgehead atoms. The largest absolute Gasteiger partial charge is 0.494 e. The van der Waals surface area contributed by atoms with Crippen molar-refractivity contribution < 1.29 is 23.9 Å². The van der Waals surface area contributed by atoms with Crippen LogP contribution in [-0.2, 0) is 9.59 Å². The normalized spacial score (nSPS) is 23.8. The van der Waals surface area contributed by atoms with E-state index >= 15 is 0 Å². The molecule has 1 aromatic rings. The number of urea groups is 1. The molecule has 8 nitrogen and oxygen atoms in total. The molecule has 2 unspecified atom stereocenters. The second-order valence-corrected chi connectivity index (χ2v) is 7.54. The first kappa shape index (κ1) is 21.0. The van der Waals surface area contributed by atoms with Crippen molar-refractivity contribution in [2.24, 2.45) is 5.92 Å². The molecule has 2 fully saturated rings. The van der Waals surface area contributed by atoms with Gasteiger partial charge in [-0.2, -0.15) is 0 Å². The number of benzene rings is 1. The van der Waals surface area contributed by atoms with Gasteiger partial charge in [-0.25, -0.2) is 4.79 Å². The number of nitrogens with zero attached hydrogens (tertiary/aromatic N) is 1. The molecule has 1 spiro atoms. The van der Waals surface area contributed by atoms with Gasteiger partial charge in [-0.05, 0) is 49.9 Å². The summed E-state index contributed by atoms with van der Waals surface area (Å²) < 4.78 is 10.9. The Morgan fingerprint density at radius 3 is 2.55 bits per heavy atom. The maximum absolute atomic E-state index is 12.9. The van der Waals surface area contributed by atoms with Crippen molar-refractivity contribution in [1.29, 1.82) is 0 Å². The highest BCUT2D eigenvalue weighted by molar-refractivity contribution is 6.09. The van der Waals surface area contributed by atoms with E-state index in [9.17, 15) is 14.4 Å². The van der Waals surface area contributed by atoms with Crippen LogP contribution in [0.4, 0.5) is 4.79 Å². The molecule has 29 heavy (non-hydrogen) atoms. The number of carbonyl (C=O) groups is 3. The third-order valence-corrected chi connectivity index (χ3v) is 5.63. The highest BCUT2D eigenvalue weighted by atomic mass is 16.5. The van der Waals surface area contributed by atoms with Crippen LogP contribution in [0.15, 0.2) is 24.3 Å². The lowest BCUT2D eigenvalue weighted by atomic mass is 9.73. The summed E-state index contributed by atoms with van der Waals surface area (Å²) in [6.07, 6.45) is 3.49. The smallest absolute Gasteiger partial charge is 0.325 e. The van der Waals surface area contributed by atoms with E-state index in [2.05, 4.69) is 10.6 Å². The van der Waals surface area contributed by atoms with Gasteiger partial charge in [-0.3, -0.25) is 14.5 Å². The number of carbonyl (C=O) groups excluding carboxylic acids is 3. The molecule has 0 radical (unpaired) electrons. The predicted octanol–water partition coefficient (Wildman–Crippen LogP) is 2.08. The molecular formula is C21H29N3O5. The lowest BCUT2D eigenvalue weighted by Gasteiger charge is -2.36. The summed E-state index contributed by atoms with van der Waals surface area (Å²) in [6.45, 7) is 4.78. The zero-order valence-corrected chi connectivity index (χ0v) is 17.0. The average molecular weight is 403 g/mol. The first-order valence-electron chi connectivity index (χ1n) is 10.2. The third-order valence-electron chi connectivity index (χ3n) is 5.63. The van der Waals surface area contributed by atoms with Crippen molar-refractivity contribution in [1.82, 2.24) is 15.5 Å². The van der Waals surface area contributed by atoms with Crippen molar-refractivity contribution in [3.05, 3.63) is 24.3 Å². The Morgan fingerprint density at radius 2 is 1.90 bits per heavy atom. The number of imide groups is 1. The molecule has 0 aromatic heterocycles. The standard InChI is InChI=1S/C21H29N3O5/c1-3-28-16-7-9-17(10-8-16)29-13-12-22-18(25)14-24-19(26)21(23-20(24)27)11-5-4-6-15(21)2/h7-10,15H,3-6,11-14H2,1-2H3,(H,22,25)(H,23,27). The Hall–Kier alpha value is -2.77. The van der Waals surface area contributed by atoms with E-state index in [0.717, 1.165) is 29.9 Å². The van der Waals surface area contributed by atoms with E-state index < -0.39 is 11.6 Å². The first-order valence-corrected chi connectivity index (χ1v) is 10.2. The summed E-state index contributed by atoms with van der Waals surface area (Å²) in [5.41, 5.74) is -0.841. The van der Waals surface area contributed by atoms with Crippen molar-refractivity contribution in [3.63, 3.8) is 0 Å². The van der Waals surface area contributed by atoms with Gasteiger partial charge in [0.15, 0.2) is 0 Å². The van der Waals surface area contributed by atoms with E-state index in [1.807, 2.05) is 26.0 Å². The topological polar surface area (TPSA) is 97.0 Å². The van der Waals surface area contributed by atoms with Gasteiger partial charge in [0.25, 0.3) is 5.91 Å². The van der Waals surface area contributed by atoms with Crippen molar-refractivity contribution in [2.45, 2.75) is 45.1 Å². The van der Waals surface area contributed by atoms with Crippen LogP contribution in [0.2, 0.25) is 0 Å². The summed E-state index contributed by atoms with van der Waals surface area (Å²) in [5.74, 6) is 0.847. The Kier molecular flexibility index (Phi) is 6.61. The van der Waals surface area contributed by atoms with Crippen LogP contribution in [0.25, 0.3) is 0 Å². The summed E-state index contributed by atoms with van der Waals surface area (Å²) in [7, 11) is 0. The zero-order valence-electron chi connectivity index (χ0n) is 17.0. The van der Waals surface area contributed by atoms with Crippen molar-refractivity contribution in [2.75, 3.05) is 26.3 Å². The quantitative estimate of drug-likeness (QED) is 0.512. The summed E-state index contributed by atoms with van der Waals surface area (Å²) in [5, 5.41) is 5.54. The van der Waals surface area contributed by atoms with Crippen LogP contribution in [0, 0.1) is 5.92 Å². The Labute approximate surface area is 170 Å². The average Bonchev–Trinajstić information content (AvgIpc) is 2.94. The number of ether oxygens (including phenoxy) is 2. The van der Waals surface area contributed by atoms with E-state index in [-0.39, 0.29) is 37.4 Å². The van der Waals surface area contributed by atoms with Gasteiger partial charge >= 0.3 is 6.03 Å². The molecule has 2 aliphatic rings. The predicted molar refractivity (Wildman–Crippen MR) is 107 cm³/mol. The molecular weight excluding hydrogens is 374 g/mol. The molecule has 1 saturated heterocycles. The van der Waals surface area contributed by atoms with E-state index in [1.165, 1.54) is 0 Å². The molecule has 1 heterocycles. The van der Waals surface area contributed by atoms with E-state index in [0.29, 0.717) is 18.8 Å². The Balaban J connectivity index is 1.43. The molecule has 1 aliphatic heterocycles. The summed E-state index contributed by atoms with van der Waals surface area (Å²) in [6, 6.07) is 6.74. The lowest BCUT2D eigenvalue weighted by Crippen LogP contribution is -2.54. The molecule has 8 heteroatoms. The maximum atomic E-state index is 12.9. The van der Waals surface area contributed by atoms with Crippen molar-refractivity contribution in [3.8, 4) is 11.5 Å². The second-order valence-electron chi connectivity index (χ2n) is 7.54. The molecule has 1 aliphatic carbocycles. The van der Waals surface area contributed by atoms with Crippen LogP contribution in [-0.4, -0.2) is 54.6 Å². The van der Waals surface area contributed by atoms with Gasteiger partial charge in [-0.1, -0.05) is 19.8 Å². The highest BCUT2D eigenvalue weighted by Gasteiger charge is 2.55. The minimum atomic E-state index is -0.841. The Morgan fingerprint density at radius 1 is 1.21 bits per heavy atom. The number of amides is 4. The van der Waals surface area contributed by atoms with Gasteiger partial charge in [0.2, 0.25) is 5.91 Å². The van der Waals surface area contributed by atoms with Crippen LogP contribution < -0.4 is 20.1 Å². The molecule has 3 rings (SSSR count). The molecule has 1 saturated carbocycles. The van der Waals surface area contributed by atoms with E-state index in [1.54, 1.807) is 12.1 Å². The molecule has 4 amide bonds. The van der Waals surface area contributed by atoms with Gasteiger partial charge in [0.1, 0.15) is 30.2 Å². The second kappa shape index (κ2) is 9.15. The number of hydrogen-bond donors (Lipinski definition) is 2. The lowest BCUT2D eigenvalue weighted by molar-refractivity contribution is -0.137. The third kappa shape index (κ3) is 4.63. The minimum Gasteiger partial charge on any atom is -0.494 e. The molecule has 158 valence electrons. The number of rotatable bonds is 8. The van der Waals surface area contributed by atoms with Gasteiger partial charge in [-0.15, -0.1) is 0 Å². The molecule has 2 atom stereocenters. The molecule has 2 N–H and O–H groups in total. The fourth-order valence-corrected chi connectivity index (χ4v) is 4.00. The van der Waals surface area contributed by atoms with Crippen LogP contribution in [0.3, 0.4) is 0 Å². The summed E-state index contributed by atoms with van der Waals surface area (Å²) in [4.78, 5) is 38.4. The first-order chi connectivity index (χ1) is 14.0. The fourth-order valence-electron chi connectivity index (χ4n) is 4.00. The zero-order chi connectivity index (χ0) is 20.9. The highest BCUT2D eigenvalue weighted by Crippen LogP contribution is 2.38. The number of hydrogen-bond acceptors (Lipinski definition) is 5. The van der Waals surface area contributed by atoms with Crippen LogP contribution in [0.5, 0.6) is 11.5 Å². The van der Waals surface area contributed by atoms with Crippen molar-refractivity contribution >= 4 is 17.8 Å². The Bertz CT molecular complexity index is 751. The summed E-state index contributed by atoms with van der Waals surface area (Å²) >= 11 is 0. The van der Waals surface area contributed by atoms with Gasteiger partial charge < -0.3 is 20.1 Å². The van der Waals surface area contributed by atoms with Gasteiger partial charge in [0.05, 0.1) is 13.2 Å². The maximum Gasteiger partial charge on any atom is 0.325 e. The van der Waals surface area contributed by atoms with Gasteiger partial charge in [0, 0.05) is 0 Å². The van der Waals surface area contributed by atoms with E-state index in [4.69, 9.17) is 9.47 Å². The fraction of sp³-hybridized carbons (Fsp3) is 0.571. The monoisotopic (exact) mass is 403 g/mol. The van der Waals surface area contributed by atoms with Crippen LogP contribution >= 0.6 is 0 Å². The minimum absolute atomic E-state index is 0.0725. The molecule has 1 aromatic carbocycles.